The van der Waals surface area contributed by atoms with Gasteiger partial charge in [-0.15, -0.1) is 0 Å². The number of esters is 2. The van der Waals surface area contributed by atoms with Gasteiger partial charge in [0.25, 0.3) is 0 Å². The van der Waals surface area contributed by atoms with Crippen LogP contribution in [0.1, 0.15) is 60.8 Å². The summed E-state index contributed by atoms with van der Waals surface area (Å²) in [5.41, 5.74) is 0.554. The second-order valence-electron chi connectivity index (χ2n) is 5.55. The third-order valence-electron chi connectivity index (χ3n) is 2.65. The molecular weight excluding hydrogens is 268 g/mol. The standard InChI is InChI=1S/C9H16O2.C8H14O2/c1-6-9(4,5)11-8(10)7(2)3;1-4-5-6-10-8(9)7(2)3/h2,6H2,1,3-5H3;2,4-6H2,1,3H3. The Labute approximate surface area is 129 Å². The first kappa shape index (κ1) is 21.7. The SMILES string of the molecule is C=C(C)C(=O)OC(C)(C)CC.C=C(C)C(=O)OCCCC. The first-order valence-electron chi connectivity index (χ1n) is 7.28. The molecule has 0 amide bonds. The fourth-order valence-corrected chi connectivity index (χ4v) is 0.843. The summed E-state index contributed by atoms with van der Waals surface area (Å²) < 4.78 is 9.92. The fraction of sp³-hybridized carbons (Fsp3) is 0.647. The van der Waals surface area contributed by atoms with Gasteiger partial charge in [0.15, 0.2) is 0 Å². The predicted octanol–water partition coefficient (Wildman–Crippen LogP) is 4.20. The average molecular weight is 298 g/mol. The lowest BCUT2D eigenvalue weighted by molar-refractivity contribution is -0.151. The molecule has 0 aromatic heterocycles. The van der Waals surface area contributed by atoms with E-state index in [4.69, 9.17) is 9.47 Å². The Morgan fingerprint density at radius 1 is 1.00 bits per heavy atom. The van der Waals surface area contributed by atoms with Crippen molar-refractivity contribution in [2.75, 3.05) is 6.61 Å². The van der Waals surface area contributed by atoms with Crippen LogP contribution in [0.25, 0.3) is 0 Å². The summed E-state index contributed by atoms with van der Waals surface area (Å²) in [6, 6.07) is 0. The van der Waals surface area contributed by atoms with E-state index < -0.39 is 0 Å². The van der Waals surface area contributed by atoms with E-state index in [-0.39, 0.29) is 17.5 Å². The second-order valence-corrected chi connectivity index (χ2v) is 5.55. The molecule has 4 heteroatoms. The van der Waals surface area contributed by atoms with Crippen molar-refractivity contribution in [1.29, 1.82) is 0 Å². The number of hydrogen-bond donors (Lipinski definition) is 0. The minimum absolute atomic E-state index is 0.284. The van der Waals surface area contributed by atoms with Gasteiger partial charge in [-0.2, -0.15) is 0 Å². The summed E-state index contributed by atoms with van der Waals surface area (Å²) >= 11 is 0. The molecule has 0 aromatic rings. The van der Waals surface area contributed by atoms with Crippen LogP contribution in [-0.4, -0.2) is 24.1 Å². The van der Waals surface area contributed by atoms with Crippen molar-refractivity contribution >= 4 is 11.9 Å². The number of ether oxygens (including phenoxy) is 2. The van der Waals surface area contributed by atoms with Crippen LogP contribution >= 0.6 is 0 Å². The third-order valence-corrected chi connectivity index (χ3v) is 2.65. The van der Waals surface area contributed by atoms with Crippen molar-refractivity contribution in [2.45, 2.75) is 66.4 Å². The van der Waals surface area contributed by atoms with Gasteiger partial charge >= 0.3 is 11.9 Å². The Balaban J connectivity index is 0. The van der Waals surface area contributed by atoms with Crippen LogP contribution in [-0.2, 0) is 19.1 Å². The highest BCUT2D eigenvalue weighted by Crippen LogP contribution is 2.15. The van der Waals surface area contributed by atoms with Crippen molar-refractivity contribution in [1.82, 2.24) is 0 Å². The van der Waals surface area contributed by atoms with Gasteiger partial charge in [-0.3, -0.25) is 0 Å². The van der Waals surface area contributed by atoms with E-state index in [9.17, 15) is 9.59 Å². The topological polar surface area (TPSA) is 52.6 Å². The molecule has 0 rings (SSSR count). The second kappa shape index (κ2) is 11.1. The molecule has 0 N–H and O–H groups in total. The van der Waals surface area contributed by atoms with Crippen molar-refractivity contribution in [3.05, 3.63) is 24.3 Å². The molecule has 0 radical (unpaired) electrons. The lowest BCUT2D eigenvalue weighted by Crippen LogP contribution is -2.27. The highest BCUT2D eigenvalue weighted by atomic mass is 16.6. The van der Waals surface area contributed by atoms with Crippen molar-refractivity contribution in [2.24, 2.45) is 0 Å². The number of hydrogen-bond acceptors (Lipinski definition) is 4. The van der Waals surface area contributed by atoms with Crippen LogP contribution in [0.2, 0.25) is 0 Å². The summed E-state index contributed by atoms with van der Waals surface area (Å²) in [5.74, 6) is -0.592. The monoisotopic (exact) mass is 298 g/mol. The fourth-order valence-electron chi connectivity index (χ4n) is 0.843. The van der Waals surface area contributed by atoms with Crippen LogP contribution in [0, 0.1) is 0 Å². The van der Waals surface area contributed by atoms with Gasteiger partial charge in [0.05, 0.1) is 6.61 Å². The van der Waals surface area contributed by atoms with E-state index in [1.165, 1.54) is 0 Å². The zero-order valence-electron chi connectivity index (χ0n) is 14.4. The van der Waals surface area contributed by atoms with E-state index in [1.54, 1.807) is 13.8 Å². The molecule has 122 valence electrons. The molecule has 0 aliphatic rings. The summed E-state index contributed by atoms with van der Waals surface area (Å²) in [6.07, 6.45) is 2.79. The Morgan fingerprint density at radius 3 is 1.81 bits per heavy atom. The summed E-state index contributed by atoms with van der Waals surface area (Å²) in [4.78, 5) is 21.7. The van der Waals surface area contributed by atoms with Crippen LogP contribution in [0.4, 0.5) is 0 Å². The van der Waals surface area contributed by atoms with E-state index in [2.05, 4.69) is 20.1 Å². The molecule has 0 fully saturated rings. The van der Waals surface area contributed by atoms with Crippen molar-refractivity contribution in [3.8, 4) is 0 Å². The highest BCUT2D eigenvalue weighted by molar-refractivity contribution is 5.87. The molecule has 0 aliphatic heterocycles. The summed E-state index contributed by atoms with van der Waals surface area (Å²) in [6.45, 7) is 18.6. The van der Waals surface area contributed by atoms with Gasteiger partial charge in [0.2, 0.25) is 0 Å². The molecular formula is C17H30O4. The maximum absolute atomic E-state index is 11.0. The van der Waals surface area contributed by atoms with E-state index in [0.717, 1.165) is 19.3 Å². The Bertz CT molecular complexity index is 367. The van der Waals surface area contributed by atoms with Crippen LogP contribution in [0.15, 0.2) is 24.3 Å². The predicted molar refractivity (Wildman–Crippen MR) is 86.0 cm³/mol. The average Bonchev–Trinajstić information content (AvgIpc) is 2.39. The largest absolute Gasteiger partial charge is 0.462 e. The van der Waals surface area contributed by atoms with Gasteiger partial charge in [0, 0.05) is 11.1 Å². The lowest BCUT2D eigenvalue weighted by Gasteiger charge is -2.23. The minimum Gasteiger partial charge on any atom is -0.462 e. The molecule has 0 saturated heterocycles. The molecule has 4 nitrogen and oxygen atoms in total. The quantitative estimate of drug-likeness (QED) is 0.401. The molecule has 0 heterocycles. The molecule has 0 bridgehead atoms. The maximum atomic E-state index is 11.0. The molecule has 21 heavy (non-hydrogen) atoms. The Morgan fingerprint density at radius 2 is 1.48 bits per heavy atom. The van der Waals surface area contributed by atoms with E-state index in [0.29, 0.717) is 17.8 Å². The first-order chi connectivity index (χ1) is 9.57. The third kappa shape index (κ3) is 13.2. The zero-order valence-corrected chi connectivity index (χ0v) is 14.4. The van der Waals surface area contributed by atoms with E-state index in [1.807, 2.05) is 20.8 Å². The normalized spacial score (nSPS) is 10.0. The zero-order chi connectivity index (χ0) is 17.1. The Hall–Kier alpha value is -1.58. The van der Waals surface area contributed by atoms with E-state index >= 15 is 0 Å². The molecule has 0 saturated carbocycles. The van der Waals surface area contributed by atoms with Crippen molar-refractivity contribution in [3.63, 3.8) is 0 Å². The first-order valence-corrected chi connectivity index (χ1v) is 7.28. The smallest absolute Gasteiger partial charge is 0.333 e. The molecule has 0 aliphatic carbocycles. The molecule has 0 atom stereocenters. The van der Waals surface area contributed by atoms with Gasteiger partial charge in [0.1, 0.15) is 5.60 Å². The van der Waals surface area contributed by atoms with Gasteiger partial charge in [-0.1, -0.05) is 33.4 Å². The Kier molecular flexibility index (Phi) is 11.5. The number of carbonyl (C=O) groups is 2. The highest BCUT2D eigenvalue weighted by Gasteiger charge is 2.20. The summed E-state index contributed by atoms with van der Waals surface area (Å²) in [7, 11) is 0. The molecule has 0 aromatic carbocycles. The molecule has 0 spiro atoms. The van der Waals surface area contributed by atoms with Gasteiger partial charge in [-0.25, -0.2) is 9.59 Å². The lowest BCUT2D eigenvalue weighted by atomic mass is 10.1. The van der Waals surface area contributed by atoms with Crippen molar-refractivity contribution < 1.29 is 19.1 Å². The molecule has 0 unspecified atom stereocenters. The number of carbonyl (C=O) groups excluding carboxylic acids is 2. The van der Waals surface area contributed by atoms with Crippen LogP contribution < -0.4 is 0 Å². The number of unbranched alkanes of at least 4 members (excludes halogenated alkanes) is 1. The van der Waals surface area contributed by atoms with Crippen LogP contribution in [0.5, 0.6) is 0 Å². The van der Waals surface area contributed by atoms with Gasteiger partial charge in [-0.05, 0) is 40.5 Å². The van der Waals surface area contributed by atoms with Crippen LogP contribution in [0.3, 0.4) is 0 Å². The minimum atomic E-state index is -0.365. The number of rotatable bonds is 7. The van der Waals surface area contributed by atoms with Gasteiger partial charge < -0.3 is 9.47 Å². The maximum Gasteiger partial charge on any atom is 0.333 e. The summed E-state index contributed by atoms with van der Waals surface area (Å²) in [5, 5.41) is 0.